The predicted molar refractivity (Wildman–Crippen MR) is 84.6 cm³/mol. The van der Waals surface area contributed by atoms with E-state index in [9.17, 15) is 4.79 Å². The van der Waals surface area contributed by atoms with Crippen LogP contribution in [0.4, 0.5) is 5.82 Å². The van der Waals surface area contributed by atoms with Crippen molar-refractivity contribution in [2.45, 2.75) is 6.92 Å². The Hall–Kier alpha value is -1.49. The van der Waals surface area contributed by atoms with Crippen LogP contribution in [0.1, 0.15) is 5.56 Å². The van der Waals surface area contributed by atoms with E-state index in [0.29, 0.717) is 15.9 Å². The molecule has 0 aliphatic rings. The summed E-state index contributed by atoms with van der Waals surface area (Å²) in [6.07, 6.45) is 1.66. The number of rotatable bonds is 4. The Labute approximate surface area is 137 Å². The first-order valence-corrected chi connectivity index (χ1v) is 7.09. The molecule has 0 aliphatic heterocycles. The van der Waals surface area contributed by atoms with Crippen molar-refractivity contribution < 1.29 is 9.53 Å². The SMILES string of the molecule is Cc1ccc(NC(=O)COc2cc(Cl)c(Cl)cc2Cl)nc1. The quantitative estimate of drug-likeness (QED) is 0.837. The minimum Gasteiger partial charge on any atom is -0.482 e. The fourth-order valence-corrected chi connectivity index (χ4v) is 2.07. The minimum absolute atomic E-state index is 0.215. The van der Waals surface area contributed by atoms with Gasteiger partial charge in [0.2, 0.25) is 0 Å². The minimum atomic E-state index is -0.353. The molecule has 2 aromatic rings. The van der Waals surface area contributed by atoms with Crippen molar-refractivity contribution in [2.24, 2.45) is 0 Å². The van der Waals surface area contributed by atoms with E-state index in [1.54, 1.807) is 12.3 Å². The van der Waals surface area contributed by atoms with E-state index < -0.39 is 0 Å². The van der Waals surface area contributed by atoms with Gasteiger partial charge in [-0.3, -0.25) is 4.79 Å². The molecule has 0 aliphatic carbocycles. The summed E-state index contributed by atoms with van der Waals surface area (Å²) in [5.74, 6) is 0.390. The zero-order valence-corrected chi connectivity index (χ0v) is 13.3. The van der Waals surface area contributed by atoms with Crippen molar-refractivity contribution in [1.82, 2.24) is 4.98 Å². The highest BCUT2D eigenvalue weighted by Crippen LogP contribution is 2.33. The van der Waals surface area contributed by atoms with Crippen molar-refractivity contribution in [1.29, 1.82) is 0 Å². The van der Waals surface area contributed by atoms with E-state index in [2.05, 4.69) is 10.3 Å². The van der Waals surface area contributed by atoms with Crippen LogP contribution in [0.25, 0.3) is 0 Å². The summed E-state index contributed by atoms with van der Waals surface area (Å²) in [4.78, 5) is 15.8. The van der Waals surface area contributed by atoms with E-state index in [0.717, 1.165) is 5.56 Å². The molecule has 7 heteroatoms. The highest BCUT2D eigenvalue weighted by Gasteiger charge is 2.10. The molecule has 0 saturated carbocycles. The number of nitrogens with zero attached hydrogens (tertiary/aromatic N) is 1. The van der Waals surface area contributed by atoms with Gasteiger partial charge in [0, 0.05) is 12.3 Å². The molecular weight excluding hydrogens is 335 g/mol. The van der Waals surface area contributed by atoms with Crippen LogP contribution in [0.15, 0.2) is 30.5 Å². The van der Waals surface area contributed by atoms with Crippen LogP contribution in [0.2, 0.25) is 15.1 Å². The van der Waals surface area contributed by atoms with Crippen molar-refractivity contribution in [3.63, 3.8) is 0 Å². The second-order valence-corrected chi connectivity index (χ2v) is 5.48. The first-order chi connectivity index (χ1) is 9.95. The molecule has 1 aromatic carbocycles. The highest BCUT2D eigenvalue weighted by atomic mass is 35.5. The maximum Gasteiger partial charge on any atom is 0.263 e. The lowest BCUT2D eigenvalue weighted by Gasteiger charge is -2.09. The smallest absolute Gasteiger partial charge is 0.263 e. The molecule has 1 heterocycles. The van der Waals surface area contributed by atoms with Crippen molar-refractivity contribution in [3.8, 4) is 5.75 Å². The van der Waals surface area contributed by atoms with Gasteiger partial charge < -0.3 is 10.1 Å². The molecule has 110 valence electrons. The Kier molecular flexibility index (Phi) is 5.28. The Balaban J connectivity index is 1.95. The number of hydrogen-bond donors (Lipinski definition) is 1. The number of pyridine rings is 1. The average molecular weight is 346 g/mol. The zero-order valence-electron chi connectivity index (χ0n) is 11.0. The Morgan fingerprint density at radius 2 is 1.90 bits per heavy atom. The number of aromatic nitrogens is 1. The maximum atomic E-state index is 11.8. The number of aryl methyl sites for hydroxylation is 1. The van der Waals surface area contributed by atoms with Gasteiger partial charge in [0.05, 0.1) is 15.1 Å². The summed E-state index contributed by atoms with van der Waals surface area (Å²) in [6.45, 7) is 1.70. The lowest BCUT2D eigenvalue weighted by Crippen LogP contribution is -2.20. The summed E-state index contributed by atoms with van der Waals surface area (Å²) in [6, 6.07) is 6.47. The maximum absolute atomic E-state index is 11.8. The second kappa shape index (κ2) is 6.98. The summed E-state index contributed by atoms with van der Waals surface area (Å²) in [7, 11) is 0. The standard InChI is InChI=1S/C14H11Cl3N2O2/c1-8-2-3-13(18-6-8)19-14(20)7-21-12-5-10(16)9(15)4-11(12)17/h2-6H,7H2,1H3,(H,18,19,20). The summed E-state index contributed by atoms with van der Waals surface area (Å²) < 4.78 is 5.32. The summed E-state index contributed by atoms with van der Waals surface area (Å²) >= 11 is 17.6. The van der Waals surface area contributed by atoms with Gasteiger partial charge in [0.1, 0.15) is 11.6 Å². The average Bonchev–Trinajstić information content (AvgIpc) is 2.44. The van der Waals surface area contributed by atoms with E-state index in [4.69, 9.17) is 39.5 Å². The van der Waals surface area contributed by atoms with Crippen LogP contribution in [0, 0.1) is 6.92 Å². The molecule has 0 saturated heterocycles. The van der Waals surface area contributed by atoms with E-state index in [1.165, 1.54) is 12.1 Å². The van der Waals surface area contributed by atoms with E-state index in [-0.39, 0.29) is 23.3 Å². The zero-order chi connectivity index (χ0) is 15.4. The monoisotopic (exact) mass is 344 g/mol. The van der Waals surface area contributed by atoms with Crippen LogP contribution in [-0.4, -0.2) is 17.5 Å². The van der Waals surface area contributed by atoms with Crippen molar-refractivity contribution in [2.75, 3.05) is 11.9 Å². The lowest BCUT2D eigenvalue weighted by atomic mass is 10.3. The van der Waals surface area contributed by atoms with E-state index in [1.807, 2.05) is 13.0 Å². The van der Waals surface area contributed by atoms with E-state index >= 15 is 0 Å². The van der Waals surface area contributed by atoms with Gasteiger partial charge in [0.25, 0.3) is 5.91 Å². The number of benzene rings is 1. The highest BCUT2D eigenvalue weighted by molar-refractivity contribution is 6.43. The molecule has 4 nitrogen and oxygen atoms in total. The third-order valence-corrected chi connectivity index (χ3v) is 3.53. The molecule has 2 rings (SSSR count). The molecule has 0 unspecified atom stereocenters. The Morgan fingerprint density at radius 3 is 2.57 bits per heavy atom. The molecule has 0 fully saturated rings. The largest absolute Gasteiger partial charge is 0.482 e. The normalized spacial score (nSPS) is 10.3. The first kappa shape index (κ1) is 15.9. The number of hydrogen-bond acceptors (Lipinski definition) is 3. The molecule has 0 bridgehead atoms. The molecule has 1 N–H and O–H groups in total. The van der Waals surface area contributed by atoms with Gasteiger partial charge in [-0.25, -0.2) is 4.98 Å². The molecule has 1 aromatic heterocycles. The third-order valence-electron chi connectivity index (χ3n) is 2.51. The summed E-state index contributed by atoms with van der Waals surface area (Å²) in [5.41, 5.74) is 1.01. The first-order valence-electron chi connectivity index (χ1n) is 5.95. The van der Waals surface area contributed by atoms with Gasteiger partial charge in [0.15, 0.2) is 6.61 Å². The van der Waals surface area contributed by atoms with Gasteiger partial charge in [-0.15, -0.1) is 0 Å². The number of amides is 1. The predicted octanol–water partition coefficient (Wildman–Crippen LogP) is 4.37. The fraction of sp³-hybridized carbons (Fsp3) is 0.143. The summed E-state index contributed by atoms with van der Waals surface area (Å²) in [5, 5.41) is 3.51. The molecule has 0 spiro atoms. The van der Waals surface area contributed by atoms with Gasteiger partial charge >= 0.3 is 0 Å². The van der Waals surface area contributed by atoms with Crippen molar-refractivity contribution in [3.05, 3.63) is 51.1 Å². The number of anilines is 1. The molecule has 21 heavy (non-hydrogen) atoms. The fourth-order valence-electron chi connectivity index (χ4n) is 1.48. The van der Waals surface area contributed by atoms with Crippen LogP contribution >= 0.6 is 34.8 Å². The lowest BCUT2D eigenvalue weighted by molar-refractivity contribution is -0.118. The van der Waals surface area contributed by atoms with Gasteiger partial charge in [-0.1, -0.05) is 40.9 Å². The second-order valence-electron chi connectivity index (χ2n) is 4.25. The number of carbonyl (C=O) groups excluding carboxylic acids is 1. The molecule has 0 radical (unpaired) electrons. The third kappa shape index (κ3) is 4.49. The number of halogens is 3. The molecular formula is C14H11Cl3N2O2. The van der Waals surface area contributed by atoms with Crippen LogP contribution in [0.5, 0.6) is 5.75 Å². The molecule has 1 amide bonds. The van der Waals surface area contributed by atoms with Gasteiger partial charge in [-0.2, -0.15) is 0 Å². The Bertz CT molecular complexity index is 660. The Morgan fingerprint density at radius 1 is 1.19 bits per heavy atom. The topological polar surface area (TPSA) is 51.2 Å². The van der Waals surface area contributed by atoms with Crippen LogP contribution in [-0.2, 0) is 4.79 Å². The number of ether oxygens (including phenoxy) is 1. The number of nitrogens with one attached hydrogen (secondary N) is 1. The van der Waals surface area contributed by atoms with Gasteiger partial charge in [-0.05, 0) is 24.6 Å². The van der Waals surface area contributed by atoms with Crippen molar-refractivity contribution >= 4 is 46.5 Å². The molecule has 0 atom stereocenters. The van der Waals surface area contributed by atoms with Crippen LogP contribution in [0.3, 0.4) is 0 Å². The van der Waals surface area contributed by atoms with Crippen LogP contribution < -0.4 is 10.1 Å². The number of carbonyl (C=O) groups is 1.